The number of nitrogens with one attached hydrogen (secondary N) is 1. The van der Waals surface area contributed by atoms with E-state index in [1.807, 2.05) is 12.1 Å². The molecule has 0 radical (unpaired) electrons. The van der Waals surface area contributed by atoms with Gasteiger partial charge in [0, 0.05) is 19.3 Å². The van der Waals surface area contributed by atoms with Gasteiger partial charge in [0.1, 0.15) is 0 Å². The third-order valence-electron chi connectivity index (χ3n) is 3.10. The highest BCUT2D eigenvalue weighted by Crippen LogP contribution is 2.15. The van der Waals surface area contributed by atoms with Crippen LogP contribution < -0.4 is 5.32 Å². The van der Waals surface area contributed by atoms with Crippen molar-refractivity contribution in [2.45, 2.75) is 12.8 Å². The molecule has 18 heavy (non-hydrogen) atoms. The molecule has 0 bridgehead atoms. The minimum Gasteiger partial charge on any atom is -0.381 e. The summed E-state index contributed by atoms with van der Waals surface area (Å²) in [6, 6.07) is 3.66. The highest BCUT2D eigenvalue weighted by Gasteiger charge is 2.14. The van der Waals surface area contributed by atoms with E-state index in [1.165, 1.54) is 6.42 Å². The van der Waals surface area contributed by atoms with E-state index in [0.29, 0.717) is 16.9 Å². The number of hydrogen-bond acceptors (Lipinski definition) is 4. The topological polar surface area (TPSA) is 51.5 Å². The van der Waals surface area contributed by atoms with Crippen molar-refractivity contribution in [3.05, 3.63) is 23.4 Å². The largest absolute Gasteiger partial charge is 0.381 e. The van der Waals surface area contributed by atoms with Crippen LogP contribution in [0.25, 0.3) is 5.65 Å². The maximum Gasteiger partial charge on any atom is 0.243 e. The molecule has 0 amide bonds. The average Bonchev–Trinajstić information content (AvgIpc) is 2.79. The Morgan fingerprint density at radius 2 is 2.44 bits per heavy atom. The molecule has 3 heterocycles. The van der Waals surface area contributed by atoms with Gasteiger partial charge < -0.3 is 10.1 Å². The molecule has 0 spiro atoms. The fourth-order valence-corrected chi connectivity index (χ4v) is 2.29. The van der Waals surface area contributed by atoms with Gasteiger partial charge in [-0.2, -0.15) is 4.98 Å². The van der Waals surface area contributed by atoms with Crippen LogP contribution in [0.4, 0.5) is 5.95 Å². The van der Waals surface area contributed by atoms with Crippen molar-refractivity contribution in [3.8, 4) is 0 Å². The number of halogens is 1. The maximum atomic E-state index is 5.90. The zero-order valence-corrected chi connectivity index (χ0v) is 10.7. The molecular formula is C12H15ClN4O. The fraction of sp³-hybridized carbons (Fsp3) is 0.500. The molecule has 0 aromatic carbocycles. The Kier molecular flexibility index (Phi) is 3.34. The van der Waals surface area contributed by atoms with Gasteiger partial charge in [0.05, 0.1) is 11.6 Å². The lowest BCUT2D eigenvalue weighted by atomic mass is 10.0. The SMILES string of the molecule is Clc1ccc2nc(NCC3CCCOC3)nn2c1. The van der Waals surface area contributed by atoms with E-state index < -0.39 is 0 Å². The molecule has 1 aliphatic heterocycles. The quantitative estimate of drug-likeness (QED) is 0.926. The average molecular weight is 267 g/mol. The molecule has 1 fully saturated rings. The van der Waals surface area contributed by atoms with Crippen LogP contribution in [0.3, 0.4) is 0 Å². The first-order valence-corrected chi connectivity index (χ1v) is 6.52. The summed E-state index contributed by atoms with van der Waals surface area (Å²) in [4.78, 5) is 4.38. The number of ether oxygens (including phenoxy) is 1. The fourth-order valence-electron chi connectivity index (χ4n) is 2.14. The Labute approximate surface area is 110 Å². The Hall–Kier alpha value is -1.33. The van der Waals surface area contributed by atoms with Crippen LogP contribution >= 0.6 is 11.6 Å². The second-order valence-electron chi connectivity index (χ2n) is 4.55. The first-order valence-electron chi connectivity index (χ1n) is 6.15. The summed E-state index contributed by atoms with van der Waals surface area (Å²) in [6.45, 7) is 2.57. The second kappa shape index (κ2) is 5.12. The van der Waals surface area contributed by atoms with Gasteiger partial charge in [0.25, 0.3) is 0 Å². The molecule has 0 saturated carbocycles. The molecule has 5 nitrogen and oxygen atoms in total. The summed E-state index contributed by atoms with van der Waals surface area (Å²) in [7, 11) is 0. The van der Waals surface area contributed by atoms with Crippen molar-refractivity contribution in [1.29, 1.82) is 0 Å². The summed E-state index contributed by atoms with van der Waals surface area (Å²) in [5, 5.41) is 8.24. The van der Waals surface area contributed by atoms with E-state index in [4.69, 9.17) is 16.3 Å². The van der Waals surface area contributed by atoms with Crippen molar-refractivity contribution in [2.75, 3.05) is 25.1 Å². The molecule has 2 aromatic heterocycles. The van der Waals surface area contributed by atoms with Crippen LogP contribution in [-0.2, 0) is 4.74 Å². The Morgan fingerprint density at radius 1 is 1.50 bits per heavy atom. The van der Waals surface area contributed by atoms with Crippen LogP contribution in [0.2, 0.25) is 5.02 Å². The summed E-state index contributed by atoms with van der Waals surface area (Å²) in [5.41, 5.74) is 0.793. The lowest BCUT2D eigenvalue weighted by Gasteiger charge is -2.21. The number of anilines is 1. The predicted molar refractivity (Wildman–Crippen MR) is 70.0 cm³/mol. The highest BCUT2D eigenvalue weighted by molar-refractivity contribution is 6.30. The first-order chi connectivity index (χ1) is 8.81. The van der Waals surface area contributed by atoms with Gasteiger partial charge in [-0.3, -0.25) is 0 Å². The van der Waals surface area contributed by atoms with Crippen molar-refractivity contribution in [3.63, 3.8) is 0 Å². The molecule has 96 valence electrons. The second-order valence-corrected chi connectivity index (χ2v) is 4.99. The van der Waals surface area contributed by atoms with Gasteiger partial charge in [-0.05, 0) is 30.9 Å². The van der Waals surface area contributed by atoms with Crippen LogP contribution in [0.1, 0.15) is 12.8 Å². The Balaban J connectivity index is 1.67. The standard InChI is InChI=1S/C12H15ClN4O/c13-10-3-4-11-15-12(16-17(11)7-10)14-6-9-2-1-5-18-8-9/h3-4,7,9H,1-2,5-6,8H2,(H,14,16). The minimum absolute atomic E-state index is 0.550. The van der Waals surface area contributed by atoms with Crippen LogP contribution in [0.5, 0.6) is 0 Å². The van der Waals surface area contributed by atoms with Crippen molar-refractivity contribution >= 4 is 23.2 Å². The minimum atomic E-state index is 0.550. The van der Waals surface area contributed by atoms with Crippen molar-refractivity contribution in [1.82, 2.24) is 14.6 Å². The molecule has 1 saturated heterocycles. The van der Waals surface area contributed by atoms with Gasteiger partial charge in [-0.25, -0.2) is 4.52 Å². The molecule has 6 heteroatoms. The third-order valence-corrected chi connectivity index (χ3v) is 3.32. The first kappa shape index (κ1) is 11.7. The lowest BCUT2D eigenvalue weighted by molar-refractivity contribution is 0.0594. The normalized spacial score (nSPS) is 20.2. The van der Waals surface area contributed by atoms with E-state index in [0.717, 1.165) is 31.8 Å². The summed E-state index contributed by atoms with van der Waals surface area (Å²) in [5.74, 6) is 1.19. The number of rotatable bonds is 3. The molecule has 2 aromatic rings. The monoisotopic (exact) mass is 266 g/mol. The molecular weight excluding hydrogens is 252 g/mol. The summed E-state index contributed by atoms with van der Waals surface area (Å²) >= 11 is 5.90. The zero-order chi connectivity index (χ0) is 12.4. The molecule has 1 aliphatic rings. The smallest absolute Gasteiger partial charge is 0.243 e. The Morgan fingerprint density at radius 3 is 3.28 bits per heavy atom. The number of fused-ring (bicyclic) bond motifs is 1. The van der Waals surface area contributed by atoms with Crippen molar-refractivity contribution in [2.24, 2.45) is 5.92 Å². The maximum absolute atomic E-state index is 5.90. The predicted octanol–water partition coefficient (Wildman–Crippen LogP) is 2.22. The molecule has 1 atom stereocenters. The van der Waals surface area contributed by atoms with E-state index in [-0.39, 0.29) is 0 Å². The summed E-state index contributed by atoms with van der Waals surface area (Å²) in [6.07, 6.45) is 4.09. The third kappa shape index (κ3) is 2.57. The van der Waals surface area contributed by atoms with Crippen molar-refractivity contribution < 1.29 is 4.74 Å². The number of aromatic nitrogens is 3. The van der Waals surface area contributed by atoms with Gasteiger partial charge in [0.15, 0.2) is 5.65 Å². The molecule has 0 aliphatic carbocycles. The van der Waals surface area contributed by atoms with E-state index in [2.05, 4.69) is 15.4 Å². The van der Waals surface area contributed by atoms with Crippen LogP contribution in [0.15, 0.2) is 18.3 Å². The molecule has 1 N–H and O–H groups in total. The van der Waals surface area contributed by atoms with Gasteiger partial charge in [0.2, 0.25) is 5.95 Å². The highest BCUT2D eigenvalue weighted by atomic mass is 35.5. The van der Waals surface area contributed by atoms with E-state index >= 15 is 0 Å². The zero-order valence-electron chi connectivity index (χ0n) is 9.97. The van der Waals surface area contributed by atoms with Gasteiger partial charge in [-0.15, -0.1) is 5.10 Å². The van der Waals surface area contributed by atoms with Gasteiger partial charge in [-0.1, -0.05) is 11.6 Å². The lowest BCUT2D eigenvalue weighted by Crippen LogP contribution is -2.24. The van der Waals surface area contributed by atoms with E-state index in [1.54, 1.807) is 10.7 Å². The number of hydrogen-bond donors (Lipinski definition) is 1. The summed E-state index contributed by atoms with van der Waals surface area (Å²) < 4.78 is 7.12. The van der Waals surface area contributed by atoms with E-state index in [9.17, 15) is 0 Å². The molecule has 1 unspecified atom stereocenters. The number of pyridine rings is 1. The Bertz CT molecular complexity index is 536. The van der Waals surface area contributed by atoms with Crippen LogP contribution in [-0.4, -0.2) is 34.4 Å². The van der Waals surface area contributed by atoms with Crippen LogP contribution in [0, 0.1) is 5.92 Å². The number of nitrogens with zero attached hydrogens (tertiary/aromatic N) is 3. The van der Waals surface area contributed by atoms with Gasteiger partial charge >= 0.3 is 0 Å². The molecule has 3 rings (SSSR count).